The van der Waals surface area contributed by atoms with Crippen molar-refractivity contribution in [3.8, 4) is 0 Å². The van der Waals surface area contributed by atoms with Gasteiger partial charge in [-0.3, -0.25) is 9.41 Å². The molecule has 0 aromatic carbocycles. The molecule has 0 N–H and O–H groups in total. The molecule has 60 valence electrons. The highest BCUT2D eigenvalue weighted by Crippen LogP contribution is 1.61. The predicted octanol–water partition coefficient (Wildman–Crippen LogP) is 0.260. The smallest absolute Gasteiger partial charge is 0.132 e. The van der Waals surface area contributed by atoms with Crippen LogP contribution in [0.4, 0.5) is 13.3 Å². The van der Waals surface area contributed by atoms with Gasteiger partial charge in [0.25, 0.3) is 0 Å². The quantitative estimate of drug-likeness (QED) is 0.295. The highest BCUT2D eigenvalue weighted by Gasteiger charge is 1.48. The standard InChI is InChI=1S/C2H4O.FHO2S.2FH/c1-2-3;1-4(2)3;;/h2H,1H3;(H,2,3);2*1H/p-1. The average Bonchev–Trinajstić information content (AvgIpc) is 1.33. The van der Waals surface area contributed by atoms with Gasteiger partial charge in [-0.25, -0.2) is 4.21 Å². The van der Waals surface area contributed by atoms with Gasteiger partial charge in [0.2, 0.25) is 0 Å². The molecule has 0 fully saturated rings. The van der Waals surface area contributed by atoms with Crippen molar-refractivity contribution in [1.82, 2.24) is 0 Å². The molecule has 0 heterocycles. The Morgan fingerprint density at radius 1 is 1.56 bits per heavy atom. The van der Waals surface area contributed by atoms with E-state index in [9.17, 15) is 3.89 Å². The molecule has 0 aliphatic carbocycles. The van der Waals surface area contributed by atoms with Crippen LogP contribution in [0.25, 0.3) is 0 Å². The van der Waals surface area contributed by atoms with Crippen LogP contribution in [0.1, 0.15) is 6.92 Å². The SMILES string of the molecule is CC=O.F.F.O=S([O-])F. The number of aldehydes is 1. The number of hydrogen-bond donors (Lipinski definition) is 0. The monoisotopic (exact) mass is 167 g/mol. The molecule has 3 nitrogen and oxygen atoms in total. The Bertz CT molecular complexity index is 64.1. The summed E-state index contributed by atoms with van der Waals surface area (Å²) in [5.74, 6) is 0. The van der Waals surface area contributed by atoms with E-state index in [4.69, 9.17) is 13.6 Å². The Kier molecular flexibility index (Phi) is 67.0. The minimum atomic E-state index is -3.36. The Morgan fingerprint density at radius 2 is 1.56 bits per heavy atom. The van der Waals surface area contributed by atoms with Crippen LogP contribution in [0.3, 0.4) is 0 Å². The second-order valence-corrected chi connectivity index (χ2v) is 0.818. The van der Waals surface area contributed by atoms with Gasteiger partial charge in [0.1, 0.15) is 17.8 Å². The fourth-order valence-corrected chi connectivity index (χ4v) is 0. The molecule has 9 heavy (non-hydrogen) atoms. The molecule has 0 saturated heterocycles. The lowest BCUT2D eigenvalue weighted by molar-refractivity contribution is -0.106. The zero-order chi connectivity index (χ0) is 6.28. The fourth-order valence-electron chi connectivity index (χ4n) is 0. The summed E-state index contributed by atoms with van der Waals surface area (Å²) in [6, 6.07) is 0. The van der Waals surface area contributed by atoms with E-state index in [0.717, 1.165) is 6.29 Å². The lowest BCUT2D eigenvalue weighted by Gasteiger charge is -1.78. The maximum atomic E-state index is 9.92. The first-order chi connectivity index (χ1) is 3.15. The van der Waals surface area contributed by atoms with Gasteiger partial charge in [0, 0.05) is 0 Å². The van der Waals surface area contributed by atoms with Gasteiger partial charge in [-0.2, -0.15) is 0 Å². The van der Waals surface area contributed by atoms with Crippen LogP contribution in [-0.2, 0) is 16.3 Å². The molecule has 0 aromatic rings. The Morgan fingerprint density at radius 3 is 1.56 bits per heavy atom. The number of carbonyl (C=O) groups excluding carboxylic acids is 1. The first kappa shape index (κ1) is 23.5. The van der Waals surface area contributed by atoms with E-state index in [1.54, 1.807) is 0 Å². The average molecular weight is 167 g/mol. The van der Waals surface area contributed by atoms with E-state index < -0.39 is 11.5 Å². The zero-order valence-corrected chi connectivity index (χ0v) is 5.22. The third-order valence-corrected chi connectivity index (χ3v) is 0. The second-order valence-electron chi connectivity index (χ2n) is 0.430. The van der Waals surface area contributed by atoms with E-state index in [0.29, 0.717) is 0 Å². The van der Waals surface area contributed by atoms with Crippen molar-refractivity contribution in [2.45, 2.75) is 6.92 Å². The molecule has 0 radical (unpaired) electrons. The minimum absolute atomic E-state index is 0. The van der Waals surface area contributed by atoms with Crippen molar-refractivity contribution in [3.63, 3.8) is 0 Å². The lowest BCUT2D eigenvalue weighted by Crippen LogP contribution is -1.64. The molecular weight excluding hydrogens is 161 g/mol. The normalized spacial score (nSPS) is 8.33. The highest BCUT2D eigenvalue weighted by molar-refractivity contribution is 7.73. The molecule has 1 unspecified atom stereocenters. The molecule has 0 spiro atoms. The third-order valence-electron chi connectivity index (χ3n) is 0. The summed E-state index contributed by atoms with van der Waals surface area (Å²) in [4.78, 5) is 8.81. The van der Waals surface area contributed by atoms with E-state index in [1.165, 1.54) is 6.92 Å². The topological polar surface area (TPSA) is 57.2 Å². The highest BCUT2D eigenvalue weighted by atomic mass is 32.2. The van der Waals surface area contributed by atoms with E-state index >= 15 is 0 Å². The second kappa shape index (κ2) is 25.6. The number of rotatable bonds is 0. The van der Waals surface area contributed by atoms with Crippen LogP contribution in [0.2, 0.25) is 0 Å². The molecule has 1 atom stereocenters. The van der Waals surface area contributed by atoms with Crippen LogP contribution in [0.5, 0.6) is 0 Å². The third kappa shape index (κ3) is 1270. The fraction of sp³-hybridized carbons (Fsp3) is 0.500. The molecule has 7 heteroatoms. The molecule has 0 rings (SSSR count). The van der Waals surface area contributed by atoms with Gasteiger partial charge < -0.3 is 9.35 Å². The van der Waals surface area contributed by atoms with Crippen LogP contribution < -0.4 is 0 Å². The van der Waals surface area contributed by atoms with Gasteiger partial charge >= 0.3 is 0 Å². The van der Waals surface area contributed by atoms with Crippen molar-refractivity contribution in [3.05, 3.63) is 0 Å². The first-order valence-corrected chi connectivity index (χ1v) is 2.28. The van der Waals surface area contributed by atoms with E-state index in [-0.39, 0.29) is 9.41 Å². The molecule has 0 bridgehead atoms. The summed E-state index contributed by atoms with van der Waals surface area (Å²) in [7, 11) is 0. The van der Waals surface area contributed by atoms with Crippen molar-refractivity contribution in [2.75, 3.05) is 0 Å². The van der Waals surface area contributed by atoms with Gasteiger partial charge in [-0.1, -0.05) is 0 Å². The van der Waals surface area contributed by atoms with Crippen LogP contribution >= 0.6 is 0 Å². The Balaban J connectivity index is -0.0000000233. The van der Waals surface area contributed by atoms with Gasteiger partial charge in [0.15, 0.2) is 0 Å². The summed E-state index contributed by atoms with van der Waals surface area (Å²) in [6.45, 7) is 1.44. The van der Waals surface area contributed by atoms with Crippen LogP contribution in [0.15, 0.2) is 0 Å². The molecule has 0 aliphatic rings. The molecule has 0 aliphatic heterocycles. The Hall–Kier alpha value is -0.430. The summed E-state index contributed by atoms with van der Waals surface area (Å²) >= 11 is -3.36. The molecular formula is C2H6F3O3S-. The largest absolute Gasteiger partial charge is 0.746 e. The minimum Gasteiger partial charge on any atom is -0.746 e. The summed E-state index contributed by atoms with van der Waals surface area (Å²) in [6.07, 6.45) is 0.750. The van der Waals surface area contributed by atoms with Crippen LogP contribution in [0, 0.1) is 0 Å². The van der Waals surface area contributed by atoms with Crippen molar-refractivity contribution in [1.29, 1.82) is 0 Å². The van der Waals surface area contributed by atoms with E-state index in [2.05, 4.69) is 0 Å². The lowest BCUT2D eigenvalue weighted by atomic mass is 11.0. The van der Waals surface area contributed by atoms with Gasteiger partial charge in [0.05, 0.1) is 0 Å². The summed E-state index contributed by atoms with van der Waals surface area (Å²) < 4.78 is 26.6. The Labute approximate surface area is 52.6 Å². The maximum Gasteiger partial charge on any atom is 0.132 e. The van der Waals surface area contributed by atoms with Crippen LogP contribution in [-0.4, -0.2) is 15.0 Å². The molecule has 0 saturated carbocycles. The summed E-state index contributed by atoms with van der Waals surface area (Å²) in [5.41, 5.74) is 0. The number of halogens is 3. The zero-order valence-electron chi connectivity index (χ0n) is 4.40. The first-order valence-electron chi connectivity index (χ1n) is 1.30. The van der Waals surface area contributed by atoms with Crippen molar-refractivity contribution >= 4 is 17.8 Å². The number of carbonyl (C=O) groups is 1. The maximum absolute atomic E-state index is 9.92. The van der Waals surface area contributed by atoms with Crippen molar-refractivity contribution in [2.24, 2.45) is 0 Å². The molecule has 0 amide bonds. The van der Waals surface area contributed by atoms with E-state index in [1.807, 2.05) is 0 Å². The van der Waals surface area contributed by atoms with Gasteiger partial charge in [-0.05, 0) is 6.92 Å². The van der Waals surface area contributed by atoms with Crippen molar-refractivity contribution < 1.29 is 26.9 Å². The van der Waals surface area contributed by atoms with Gasteiger partial charge in [-0.15, -0.1) is 3.89 Å². The predicted molar refractivity (Wildman–Crippen MR) is 26.8 cm³/mol. The molecule has 0 aromatic heterocycles. The number of hydrogen-bond acceptors (Lipinski definition) is 3. The summed E-state index contributed by atoms with van der Waals surface area (Å²) in [5, 5.41) is 0.